The number of hydrogen-bond donors (Lipinski definition) is 2. The van der Waals surface area contributed by atoms with Gasteiger partial charge in [0.25, 0.3) is 11.7 Å². The number of rotatable bonds is 7. The van der Waals surface area contributed by atoms with E-state index in [4.69, 9.17) is 16.3 Å². The van der Waals surface area contributed by atoms with Gasteiger partial charge in [-0.25, -0.2) is 8.96 Å². The van der Waals surface area contributed by atoms with Crippen LogP contribution >= 0.6 is 11.6 Å². The number of aromatic nitrogens is 2. The summed E-state index contributed by atoms with van der Waals surface area (Å²) in [5.41, 5.74) is 0.536. The molecule has 1 aliphatic rings. The first-order valence-corrected chi connectivity index (χ1v) is 10.7. The standard InChI is InChI=1S/C24H21ClFN3O4/c1-33-19-7-6-16(13-18(19)25)22(30)20-21(15-4-2-5-17(26)12-15)29(24(32)23(20)31)10-3-9-28-11-8-27-14-28/h2,4-8,11-14,21H,3,9-10H2,1H3,(H,30,31)/p+1. The second-order valence-corrected chi connectivity index (χ2v) is 8.01. The zero-order chi connectivity index (χ0) is 23.5. The first-order chi connectivity index (χ1) is 15.9. The maximum atomic E-state index is 14.1. The lowest BCUT2D eigenvalue weighted by Crippen LogP contribution is -2.36. The summed E-state index contributed by atoms with van der Waals surface area (Å²) in [6, 6.07) is 9.29. The highest BCUT2D eigenvalue weighted by atomic mass is 35.5. The highest BCUT2D eigenvalue weighted by Crippen LogP contribution is 2.40. The molecule has 0 bridgehead atoms. The highest BCUT2D eigenvalue weighted by Gasteiger charge is 2.46. The lowest BCUT2D eigenvalue weighted by molar-refractivity contribution is -0.695. The molecule has 7 nitrogen and oxygen atoms in total. The zero-order valence-electron chi connectivity index (χ0n) is 17.8. The predicted molar refractivity (Wildman–Crippen MR) is 119 cm³/mol. The lowest BCUT2D eigenvalue weighted by atomic mass is 9.95. The minimum Gasteiger partial charge on any atom is -0.507 e. The summed E-state index contributed by atoms with van der Waals surface area (Å²) < 4.78 is 21.1. The molecule has 2 aromatic carbocycles. The number of likely N-dealkylation sites (tertiary alicyclic amines) is 1. The van der Waals surface area contributed by atoms with E-state index >= 15 is 0 Å². The second kappa shape index (κ2) is 9.46. The molecule has 0 aliphatic carbocycles. The summed E-state index contributed by atoms with van der Waals surface area (Å²) in [4.78, 5) is 30.3. The van der Waals surface area contributed by atoms with Gasteiger partial charge in [-0.05, 0) is 35.9 Å². The van der Waals surface area contributed by atoms with Gasteiger partial charge in [0.2, 0.25) is 6.33 Å². The zero-order valence-corrected chi connectivity index (χ0v) is 18.6. The van der Waals surface area contributed by atoms with Crippen molar-refractivity contribution in [3.8, 4) is 5.75 Å². The third kappa shape index (κ3) is 4.47. The molecule has 2 heterocycles. The van der Waals surface area contributed by atoms with Crippen molar-refractivity contribution in [2.45, 2.75) is 19.0 Å². The second-order valence-electron chi connectivity index (χ2n) is 7.60. The summed E-state index contributed by atoms with van der Waals surface area (Å²) in [7, 11) is 1.46. The van der Waals surface area contributed by atoms with Crippen LogP contribution in [0.3, 0.4) is 0 Å². The van der Waals surface area contributed by atoms with E-state index in [0.29, 0.717) is 24.3 Å². The molecule has 9 heteroatoms. The van der Waals surface area contributed by atoms with Crippen LogP contribution in [0.2, 0.25) is 5.02 Å². The van der Waals surface area contributed by atoms with Gasteiger partial charge in [-0.15, -0.1) is 0 Å². The van der Waals surface area contributed by atoms with Crippen LogP contribution in [-0.4, -0.2) is 40.3 Å². The van der Waals surface area contributed by atoms with Crippen molar-refractivity contribution in [2.24, 2.45) is 0 Å². The van der Waals surface area contributed by atoms with E-state index in [0.717, 1.165) is 0 Å². The minimum absolute atomic E-state index is 0.110. The van der Waals surface area contributed by atoms with E-state index in [1.807, 2.05) is 10.8 Å². The van der Waals surface area contributed by atoms with E-state index in [1.165, 1.54) is 36.3 Å². The Morgan fingerprint density at radius 1 is 1.27 bits per heavy atom. The Balaban J connectivity index is 1.75. The van der Waals surface area contributed by atoms with Crippen LogP contribution in [0, 0.1) is 5.82 Å². The van der Waals surface area contributed by atoms with Crippen LogP contribution in [0.25, 0.3) is 5.76 Å². The molecule has 1 fully saturated rings. The van der Waals surface area contributed by atoms with Crippen LogP contribution in [0.5, 0.6) is 5.75 Å². The van der Waals surface area contributed by atoms with Gasteiger partial charge in [0.1, 0.15) is 29.7 Å². The van der Waals surface area contributed by atoms with E-state index in [-0.39, 0.29) is 28.5 Å². The SMILES string of the molecule is COc1ccc(C(O)=C2C(=O)C(=O)N(CCC[n+]3cc[nH]c3)C2c2cccc(F)c2)cc1Cl. The number of aryl methyl sites for hydroxylation is 1. The average Bonchev–Trinajstić information content (AvgIpc) is 3.41. The van der Waals surface area contributed by atoms with Gasteiger partial charge in [-0.1, -0.05) is 23.7 Å². The van der Waals surface area contributed by atoms with E-state index in [2.05, 4.69) is 4.98 Å². The van der Waals surface area contributed by atoms with Crippen molar-refractivity contribution in [3.05, 3.63) is 88.7 Å². The van der Waals surface area contributed by atoms with Crippen molar-refractivity contribution in [2.75, 3.05) is 13.7 Å². The van der Waals surface area contributed by atoms with Gasteiger partial charge in [-0.2, -0.15) is 0 Å². The third-order valence-corrected chi connectivity index (χ3v) is 5.84. The van der Waals surface area contributed by atoms with Crippen LogP contribution in [0.15, 0.2) is 66.8 Å². The number of amides is 1. The molecular weight excluding hydrogens is 449 g/mol. The van der Waals surface area contributed by atoms with E-state index in [1.54, 1.807) is 30.7 Å². The number of ether oxygens (including phenoxy) is 1. The Hall–Kier alpha value is -3.65. The number of aromatic amines is 1. The number of imidazole rings is 1. The Labute approximate surface area is 194 Å². The Morgan fingerprint density at radius 3 is 2.76 bits per heavy atom. The summed E-state index contributed by atoms with van der Waals surface area (Å²) in [6.45, 7) is 0.848. The fourth-order valence-corrected chi connectivity index (χ4v) is 4.24. The number of Topliss-reactive ketones (excluding diaryl/α,β-unsaturated/α-hetero) is 1. The van der Waals surface area contributed by atoms with Crippen molar-refractivity contribution < 1.29 is 28.4 Å². The number of nitrogens with zero attached hydrogens (tertiary/aromatic N) is 2. The fourth-order valence-electron chi connectivity index (χ4n) is 3.99. The highest BCUT2D eigenvalue weighted by molar-refractivity contribution is 6.46. The van der Waals surface area contributed by atoms with Crippen molar-refractivity contribution in [1.82, 2.24) is 9.88 Å². The van der Waals surface area contributed by atoms with E-state index in [9.17, 15) is 19.1 Å². The molecule has 1 unspecified atom stereocenters. The van der Waals surface area contributed by atoms with Gasteiger partial charge in [0.05, 0.1) is 30.3 Å². The molecule has 0 spiro atoms. The number of benzene rings is 2. The fraction of sp³-hybridized carbons (Fsp3) is 0.208. The number of methoxy groups -OCH3 is 1. The number of H-pyrrole nitrogens is 1. The quantitative estimate of drug-likeness (QED) is 0.239. The predicted octanol–water partition coefficient (Wildman–Crippen LogP) is 3.62. The van der Waals surface area contributed by atoms with Crippen LogP contribution in [-0.2, 0) is 16.1 Å². The molecular formula is C24H22ClFN3O4+. The normalized spacial score (nSPS) is 17.5. The first-order valence-electron chi connectivity index (χ1n) is 10.3. The number of carbonyl (C=O) groups is 2. The van der Waals surface area contributed by atoms with Crippen molar-refractivity contribution in [1.29, 1.82) is 0 Å². The van der Waals surface area contributed by atoms with Gasteiger partial charge in [0.15, 0.2) is 0 Å². The molecule has 0 radical (unpaired) electrons. The maximum absolute atomic E-state index is 14.1. The molecule has 2 N–H and O–H groups in total. The molecule has 1 aliphatic heterocycles. The third-order valence-electron chi connectivity index (χ3n) is 5.55. The summed E-state index contributed by atoms with van der Waals surface area (Å²) in [5, 5.41) is 11.3. The summed E-state index contributed by atoms with van der Waals surface area (Å²) >= 11 is 6.19. The molecule has 1 saturated heterocycles. The monoisotopic (exact) mass is 470 g/mol. The Bertz CT molecular complexity index is 1230. The molecule has 170 valence electrons. The number of hydrogen-bond acceptors (Lipinski definition) is 4. The van der Waals surface area contributed by atoms with Gasteiger partial charge in [-0.3, -0.25) is 14.6 Å². The number of nitrogens with one attached hydrogen (secondary N) is 1. The van der Waals surface area contributed by atoms with Gasteiger partial charge in [0, 0.05) is 18.5 Å². The summed E-state index contributed by atoms with van der Waals surface area (Å²) in [5.74, 6) is -2.06. The Morgan fingerprint density at radius 2 is 2.09 bits per heavy atom. The van der Waals surface area contributed by atoms with Gasteiger partial charge < -0.3 is 14.7 Å². The molecule has 1 amide bonds. The molecule has 33 heavy (non-hydrogen) atoms. The molecule has 3 aromatic rings. The molecule has 4 rings (SSSR count). The Kier molecular flexibility index (Phi) is 6.46. The molecule has 1 aromatic heterocycles. The van der Waals surface area contributed by atoms with E-state index < -0.39 is 23.5 Å². The first kappa shape index (κ1) is 22.5. The van der Waals surface area contributed by atoms with Crippen molar-refractivity contribution >= 4 is 29.1 Å². The summed E-state index contributed by atoms with van der Waals surface area (Å²) in [6.07, 6.45) is 5.96. The number of halogens is 2. The number of carbonyl (C=O) groups excluding carboxylic acids is 2. The van der Waals surface area contributed by atoms with Crippen LogP contribution < -0.4 is 9.30 Å². The lowest BCUT2D eigenvalue weighted by Gasteiger charge is -2.25. The minimum atomic E-state index is -0.933. The number of aliphatic hydroxyl groups excluding tert-OH is 1. The maximum Gasteiger partial charge on any atom is 0.295 e. The smallest absolute Gasteiger partial charge is 0.295 e. The topological polar surface area (TPSA) is 86.5 Å². The van der Waals surface area contributed by atoms with Crippen molar-refractivity contribution in [3.63, 3.8) is 0 Å². The molecule has 0 saturated carbocycles. The average molecular weight is 471 g/mol. The number of aliphatic hydroxyl groups is 1. The van der Waals surface area contributed by atoms with Gasteiger partial charge >= 0.3 is 0 Å². The number of ketones is 1. The van der Waals surface area contributed by atoms with Crippen LogP contribution in [0.1, 0.15) is 23.6 Å². The molecule has 1 atom stereocenters. The largest absolute Gasteiger partial charge is 0.507 e. The van der Waals surface area contributed by atoms with Crippen LogP contribution in [0.4, 0.5) is 4.39 Å².